The largest absolute Gasteiger partial charge is 0.460 e. The number of anilines is 1. The highest BCUT2D eigenvalue weighted by Crippen LogP contribution is 2.43. The molecule has 186 valence electrons. The fraction of sp³-hybridized carbons (Fsp3) is 0.636. The van der Waals surface area contributed by atoms with E-state index in [1.165, 1.54) is 12.4 Å². The number of nitrogens with zero attached hydrogens (tertiary/aromatic N) is 5. The minimum atomic E-state index is -4.57. The first kappa shape index (κ1) is 24.5. The molecular formula is C22H28F3N5O3S. The molecule has 8 nitrogen and oxygen atoms in total. The van der Waals surface area contributed by atoms with Gasteiger partial charge >= 0.3 is 18.3 Å². The average molecular weight is 500 g/mol. The number of carbonyl (C=O) groups excluding carboxylic acids is 1. The third-order valence-electron chi connectivity index (χ3n) is 5.62. The van der Waals surface area contributed by atoms with Crippen LogP contribution in [0.3, 0.4) is 0 Å². The summed E-state index contributed by atoms with van der Waals surface area (Å²) in [5.41, 5.74) is -0.0788. The van der Waals surface area contributed by atoms with E-state index in [9.17, 15) is 18.0 Å². The molecule has 1 saturated carbocycles. The molecular weight excluding hydrogens is 471 g/mol. The lowest BCUT2D eigenvalue weighted by atomic mass is 9.96. The van der Waals surface area contributed by atoms with Crippen LogP contribution < -0.4 is 9.64 Å². The van der Waals surface area contributed by atoms with Gasteiger partial charge in [-0.25, -0.2) is 19.7 Å². The summed E-state index contributed by atoms with van der Waals surface area (Å²) in [4.78, 5) is 28.2. The topological polar surface area (TPSA) is 80.7 Å². The number of halogens is 3. The summed E-state index contributed by atoms with van der Waals surface area (Å²) in [6, 6.07) is -0.0525. The van der Waals surface area contributed by atoms with Gasteiger partial charge in [0.1, 0.15) is 22.4 Å². The first-order chi connectivity index (χ1) is 15.9. The first-order valence-corrected chi connectivity index (χ1v) is 12.0. The van der Waals surface area contributed by atoms with Crippen LogP contribution in [0, 0.1) is 0 Å². The van der Waals surface area contributed by atoms with Crippen molar-refractivity contribution in [2.24, 2.45) is 0 Å². The number of carbonyl (C=O) groups is 1. The van der Waals surface area contributed by atoms with Gasteiger partial charge in [-0.15, -0.1) is 0 Å². The van der Waals surface area contributed by atoms with Crippen LogP contribution >= 0.6 is 11.3 Å². The maximum absolute atomic E-state index is 13.5. The van der Waals surface area contributed by atoms with E-state index >= 15 is 0 Å². The second-order valence-corrected chi connectivity index (χ2v) is 10.5. The van der Waals surface area contributed by atoms with Crippen LogP contribution in [-0.2, 0) is 10.9 Å². The molecule has 2 aromatic rings. The predicted octanol–water partition coefficient (Wildman–Crippen LogP) is 5.00. The standard InChI is InChI=1S/C22H28F3N5O3S/c1-13-12-29(8-9-30(13)20(31)33-21(2,3)4)17-16(28-18(34-17)22(23,24)25)14-10-26-19(27-11-14)32-15-6-5-7-15/h10-11,13,15H,5-9,12H2,1-4H3. The predicted molar refractivity (Wildman–Crippen MR) is 121 cm³/mol. The minimum Gasteiger partial charge on any atom is -0.460 e. The second kappa shape index (κ2) is 9.20. The maximum atomic E-state index is 13.5. The lowest BCUT2D eigenvalue weighted by Gasteiger charge is -2.40. The second-order valence-electron chi connectivity index (χ2n) is 9.56. The molecule has 2 aromatic heterocycles. The van der Waals surface area contributed by atoms with E-state index in [-0.39, 0.29) is 23.9 Å². The molecule has 4 rings (SSSR count). The van der Waals surface area contributed by atoms with Gasteiger partial charge in [-0.05, 0) is 47.0 Å². The summed E-state index contributed by atoms with van der Waals surface area (Å²) in [5.74, 6) is 0. The zero-order chi connectivity index (χ0) is 24.7. The van der Waals surface area contributed by atoms with Crippen molar-refractivity contribution in [1.82, 2.24) is 19.9 Å². The van der Waals surface area contributed by atoms with Crippen LogP contribution in [0.1, 0.15) is 52.0 Å². The van der Waals surface area contributed by atoms with E-state index < -0.39 is 22.9 Å². The molecule has 0 aromatic carbocycles. The van der Waals surface area contributed by atoms with Crippen LogP contribution in [0.15, 0.2) is 12.4 Å². The van der Waals surface area contributed by atoms with Gasteiger partial charge in [0.25, 0.3) is 0 Å². The van der Waals surface area contributed by atoms with E-state index in [1.54, 1.807) is 25.7 Å². The molecule has 34 heavy (non-hydrogen) atoms. The summed E-state index contributed by atoms with van der Waals surface area (Å²) in [7, 11) is 0. The zero-order valence-corrected chi connectivity index (χ0v) is 20.4. The third kappa shape index (κ3) is 5.53. The third-order valence-corrected chi connectivity index (χ3v) is 6.78. The number of ether oxygens (including phenoxy) is 2. The Balaban J connectivity index is 1.56. The fourth-order valence-electron chi connectivity index (χ4n) is 3.71. The SMILES string of the molecule is CC1CN(c2sc(C(F)(F)F)nc2-c2cnc(OC3CCC3)nc2)CCN1C(=O)OC(C)(C)C. The van der Waals surface area contributed by atoms with Crippen molar-refractivity contribution in [3.63, 3.8) is 0 Å². The number of hydrogen-bond donors (Lipinski definition) is 0. The lowest BCUT2D eigenvalue weighted by molar-refractivity contribution is -0.137. The van der Waals surface area contributed by atoms with Crippen molar-refractivity contribution in [2.75, 3.05) is 24.5 Å². The molecule has 1 amide bonds. The number of aromatic nitrogens is 3. The number of alkyl halides is 3. The van der Waals surface area contributed by atoms with Gasteiger partial charge in [-0.2, -0.15) is 13.2 Å². The molecule has 1 aliphatic carbocycles. The van der Waals surface area contributed by atoms with Gasteiger partial charge < -0.3 is 19.3 Å². The Labute approximate surface area is 200 Å². The molecule has 1 aliphatic heterocycles. The van der Waals surface area contributed by atoms with E-state index in [1.807, 2.05) is 11.8 Å². The van der Waals surface area contributed by atoms with Crippen LogP contribution in [0.2, 0.25) is 0 Å². The van der Waals surface area contributed by atoms with Crippen molar-refractivity contribution >= 4 is 22.4 Å². The summed E-state index contributed by atoms with van der Waals surface area (Å²) in [6.07, 6.45) is 0.977. The molecule has 0 bridgehead atoms. The fourth-order valence-corrected chi connectivity index (χ4v) is 4.70. The number of hydrogen-bond acceptors (Lipinski definition) is 8. The number of thiazole rings is 1. The smallest absolute Gasteiger partial charge is 0.443 e. The number of piperazine rings is 1. The summed E-state index contributed by atoms with van der Waals surface area (Å²) >= 11 is 0.585. The maximum Gasteiger partial charge on any atom is 0.443 e. The summed E-state index contributed by atoms with van der Waals surface area (Å²) in [5, 5.41) is -0.561. The van der Waals surface area contributed by atoms with Crippen molar-refractivity contribution < 1.29 is 27.4 Å². The number of rotatable bonds is 4. The van der Waals surface area contributed by atoms with Gasteiger partial charge in [0.15, 0.2) is 0 Å². The molecule has 2 aliphatic rings. The Kier molecular flexibility index (Phi) is 6.63. The highest BCUT2D eigenvalue weighted by Gasteiger charge is 2.39. The molecule has 0 radical (unpaired) electrons. The molecule has 1 unspecified atom stereocenters. The Morgan fingerprint density at radius 2 is 1.82 bits per heavy atom. The molecule has 0 spiro atoms. The molecule has 2 fully saturated rings. The van der Waals surface area contributed by atoms with Crippen molar-refractivity contribution in [2.45, 2.75) is 70.9 Å². The first-order valence-electron chi connectivity index (χ1n) is 11.2. The van der Waals surface area contributed by atoms with Gasteiger partial charge in [-0.3, -0.25) is 0 Å². The van der Waals surface area contributed by atoms with Crippen molar-refractivity contribution in [3.05, 3.63) is 17.4 Å². The normalized spacial score (nSPS) is 19.7. The Hall–Kier alpha value is -2.63. The van der Waals surface area contributed by atoms with Crippen molar-refractivity contribution in [1.29, 1.82) is 0 Å². The molecule has 1 saturated heterocycles. The van der Waals surface area contributed by atoms with Gasteiger partial charge in [0.05, 0.1) is 0 Å². The van der Waals surface area contributed by atoms with E-state index in [4.69, 9.17) is 9.47 Å². The quantitative estimate of drug-likeness (QED) is 0.586. The Morgan fingerprint density at radius 1 is 1.15 bits per heavy atom. The Bertz CT molecular complexity index is 1020. The van der Waals surface area contributed by atoms with E-state index in [0.717, 1.165) is 19.3 Å². The molecule has 3 heterocycles. The summed E-state index contributed by atoms with van der Waals surface area (Å²) < 4.78 is 51.7. The monoisotopic (exact) mass is 499 g/mol. The van der Waals surface area contributed by atoms with Gasteiger partial charge in [0.2, 0.25) is 5.01 Å². The van der Waals surface area contributed by atoms with Gasteiger partial charge in [-0.1, -0.05) is 11.3 Å². The zero-order valence-electron chi connectivity index (χ0n) is 19.6. The molecule has 12 heteroatoms. The van der Waals surface area contributed by atoms with Gasteiger partial charge in [0, 0.05) is 43.6 Å². The lowest BCUT2D eigenvalue weighted by Crippen LogP contribution is -2.55. The molecule has 0 N–H and O–H groups in total. The minimum absolute atomic E-state index is 0.0975. The molecule has 1 atom stereocenters. The average Bonchev–Trinajstić information content (AvgIpc) is 3.16. The van der Waals surface area contributed by atoms with Crippen LogP contribution in [0.4, 0.5) is 23.0 Å². The van der Waals surface area contributed by atoms with Crippen LogP contribution in [-0.4, -0.2) is 63.3 Å². The van der Waals surface area contributed by atoms with Crippen LogP contribution in [0.5, 0.6) is 6.01 Å². The van der Waals surface area contributed by atoms with Crippen molar-refractivity contribution in [3.8, 4) is 17.3 Å². The summed E-state index contributed by atoms with van der Waals surface area (Å²) in [6.45, 7) is 8.22. The highest BCUT2D eigenvalue weighted by molar-refractivity contribution is 7.16. The van der Waals surface area contributed by atoms with E-state index in [0.29, 0.717) is 41.5 Å². The highest BCUT2D eigenvalue weighted by atomic mass is 32.1. The Morgan fingerprint density at radius 3 is 2.35 bits per heavy atom. The van der Waals surface area contributed by atoms with E-state index in [2.05, 4.69) is 15.0 Å². The van der Waals surface area contributed by atoms with Crippen LogP contribution in [0.25, 0.3) is 11.3 Å². The number of amides is 1.